The highest BCUT2D eigenvalue weighted by molar-refractivity contribution is 5.94. The van der Waals surface area contributed by atoms with Gasteiger partial charge in [-0.2, -0.15) is 0 Å². The standard InChI is InChI=1S/C18H34N4O6/c1-6-9(3)13(20-12(24)8-19)16(25)22-15(11(5)23)17(26)21-14(18(27)28)10(4)7-2/h9-11,13-15,23H,6-8,19H2,1-5H3,(H,20,24)(H,21,26)(H,22,25)(H,27,28). The summed E-state index contributed by atoms with van der Waals surface area (Å²) in [6, 6.07) is -3.47. The number of nitrogens with one attached hydrogen (secondary N) is 3. The molecule has 7 N–H and O–H groups in total. The SMILES string of the molecule is CCC(C)C(NC(=O)C(NC(=O)C(NC(=O)CN)C(C)CC)C(C)O)C(=O)O. The van der Waals surface area contributed by atoms with Gasteiger partial charge in [0.05, 0.1) is 12.6 Å². The average Bonchev–Trinajstić information content (AvgIpc) is 2.65. The normalized spacial score (nSPS) is 17.4. The molecule has 10 nitrogen and oxygen atoms in total. The number of aliphatic carboxylic acids is 1. The van der Waals surface area contributed by atoms with Crippen LogP contribution in [0.25, 0.3) is 0 Å². The minimum atomic E-state index is -1.38. The molecule has 0 saturated carbocycles. The van der Waals surface area contributed by atoms with Crippen LogP contribution in [0.5, 0.6) is 0 Å². The Bertz CT molecular complexity index is 554. The second kappa shape index (κ2) is 12.3. The summed E-state index contributed by atoms with van der Waals surface area (Å²) in [4.78, 5) is 48.2. The van der Waals surface area contributed by atoms with Gasteiger partial charge in [0.25, 0.3) is 0 Å². The van der Waals surface area contributed by atoms with E-state index in [9.17, 15) is 29.4 Å². The monoisotopic (exact) mass is 402 g/mol. The van der Waals surface area contributed by atoms with Crippen molar-refractivity contribution in [1.29, 1.82) is 0 Å². The zero-order chi connectivity index (χ0) is 22.0. The highest BCUT2D eigenvalue weighted by atomic mass is 16.4. The lowest BCUT2D eigenvalue weighted by Crippen LogP contribution is -2.60. The molecule has 0 heterocycles. The second-order valence-corrected chi connectivity index (χ2v) is 7.07. The lowest BCUT2D eigenvalue weighted by atomic mass is 9.97. The Morgan fingerprint density at radius 1 is 0.821 bits per heavy atom. The first kappa shape index (κ1) is 25.8. The molecule has 6 atom stereocenters. The van der Waals surface area contributed by atoms with E-state index < -0.39 is 47.9 Å². The van der Waals surface area contributed by atoms with Gasteiger partial charge in [0, 0.05) is 0 Å². The number of hydrogen-bond acceptors (Lipinski definition) is 6. The number of carboxylic acids is 1. The number of amides is 3. The first-order valence-corrected chi connectivity index (χ1v) is 9.50. The van der Waals surface area contributed by atoms with Gasteiger partial charge in [-0.15, -0.1) is 0 Å². The molecule has 0 radical (unpaired) electrons. The number of carbonyl (C=O) groups is 4. The van der Waals surface area contributed by atoms with Crippen molar-refractivity contribution >= 4 is 23.7 Å². The van der Waals surface area contributed by atoms with Gasteiger partial charge in [0.2, 0.25) is 17.7 Å². The lowest BCUT2D eigenvalue weighted by Gasteiger charge is -2.29. The Labute approximate surface area is 165 Å². The zero-order valence-corrected chi connectivity index (χ0v) is 17.2. The van der Waals surface area contributed by atoms with Crippen LogP contribution in [-0.2, 0) is 19.2 Å². The summed E-state index contributed by atoms with van der Waals surface area (Å²) in [5, 5.41) is 26.6. The predicted octanol–water partition coefficient (Wildman–Crippen LogP) is -1.04. The molecule has 10 heteroatoms. The molecule has 0 aromatic carbocycles. The van der Waals surface area contributed by atoms with E-state index in [0.717, 1.165) is 0 Å². The van der Waals surface area contributed by atoms with Crippen molar-refractivity contribution in [3.05, 3.63) is 0 Å². The van der Waals surface area contributed by atoms with E-state index in [0.29, 0.717) is 12.8 Å². The predicted molar refractivity (Wildman–Crippen MR) is 103 cm³/mol. The maximum atomic E-state index is 12.6. The summed E-state index contributed by atoms with van der Waals surface area (Å²) in [6.45, 7) is 8.06. The van der Waals surface area contributed by atoms with Gasteiger partial charge in [-0.1, -0.05) is 40.5 Å². The van der Waals surface area contributed by atoms with Crippen LogP contribution >= 0.6 is 0 Å². The fourth-order valence-electron chi connectivity index (χ4n) is 2.51. The molecule has 0 fully saturated rings. The van der Waals surface area contributed by atoms with Crippen LogP contribution in [0.1, 0.15) is 47.5 Å². The maximum absolute atomic E-state index is 12.6. The Hall–Kier alpha value is -2.20. The van der Waals surface area contributed by atoms with E-state index in [2.05, 4.69) is 16.0 Å². The summed E-state index contributed by atoms with van der Waals surface area (Å²) < 4.78 is 0. The van der Waals surface area contributed by atoms with Gasteiger partial charge in [-0.25, -0.2) is 4.79 Å². The van der Waals surface area contributed by atoms with E-state index in [1.807, 2.05) is 6.92 Å². The van der Waals surface area contributed by atoms with Crippen LogP contribution in [0.3, 0.4) is 0 Å². The van der Waals surface area contributed by atoms with Crippen LogP contribution in [-0.4, -0.2) is 64.7 Å². The van der Waals surface area contributed by atoms with Gasteiger partial charge in [-0.3, -0.25) is 14.4 Å². The summed E-state index contributed by atoms with van der Waals surface area (Å²) in [7, 11) is 0. The van der Waals surface area contributed by atoms with E-state index in [4.69, 9.17) is 5.73 Å². The fourth-order valence-corrected chi connectivity index (χ4v) is 2.51. The summed E-state index contributed by atoms with van der Waals surface area (Å²) in [5.41, 5.74) is 5.28. The zero-order valence-electron chi connectivity index (χ0n) is 17.2. The molecular weight excluding hydrogens is 368 g/mol. The van der Waals surface area contributed by atoms with E-state index in [1.54, 1.807) is 20.8 Å². The van der Waals surface area contributed by atoms with Crippen LogP contribution in [0, 0.1) is 11.8 Å². The quantitative estimate of drug-likeness (QED) is 0.242. The topological polar surface area (TPSA) is 171 Å². The summed E-state index contributed by atoms with van der Waals surface area (Å²) in [6.07, 6.45) is -0.189. The van der Waals surface area contributed by atoms with Gasteiger partial charge in [0.1, 0.15) is 18.1 Å². The van der Waals surface area contributed by atoms with Crippen molar-refractivity contribution in [2.24, 2.45) is 17.6 Å². The molecule has 0 spiro atoms. The number of carboxylic acid groups (broad SMARTS) is 1. The number of hydrogen-bond donors (Lipinski definition) is 6. The van der Waals surface area contributed by atoms with Crippen molar-refractivity contribution in [2.45, 2.75) is 71.7 Å². The Morgan fingerprint density at radius 3 is 1.64 bits per heavy atom. The number of rotatable bonds is 12. The van der Waals surface area contributed by atoms with Crippen LogP contribution in [0.15, 0.2) is 0 Å². The molecule has 0 aromatic heterocycles. The summed E-state index contributed by atoms with van der Waals surface area (Å²) >= 11 is 0. The van der Waals surface area contributed by atoms with Gasteiger partial charge in [-0.05, 0) is 18.8 Å². The third-order valence-corrected chi connectivity index (χ3v) is 4.84. The Balaban J connectivity index is 5.39. The highest BCUT2D eigenvalue weighted by Crippen LogP contribution is 2.11. The molecule has 0 aromatic rings. The molecule has 6 unspecified atom stereocenters. The third kappa shape index (κ3) is 7.81. The molecule has 0 saturated heterocycles. The minimum Gasteiger partial charge on any atom is -0.480 e. The second-order valence-electron chi connectivity index (χ2n) is 7.07. The number of carbonyl (C=O) groups excluding carboxylic acids is 3. The Kier molecular flexibility index (Phi) is 11.3. The molecule has 0 aliphatic rings. The third-order valence-electron chi connectivity index (χ3n) is 4.84. The molecular formula is C18H34N4O6. The van der Waals surface area contributed by atoms with Crippen LogP contribution in [0.2, 0.25) is 0 Å². The van der Waals surface area contributed by atoms with Crippen LogP contribution < -0.4 is 21.7 Å². The van der Waals surface area contributed by atoms with E-state index >= 15 is 0 Å². The van der Waals surface area contributed by atoms with Crippen molar-refractivity contribution in [3.8, 4) is 0 Å². The maximum Gasteiger partial charge on any atom is 0.326 e. The first-order chi connectivity index (χ1) is 13.0. The lowest BCUT2D eigenvalue weighted by molar-refractivity contribution is -0.144. The molecule has 3 amide bonds. The van der Waals surface area contributed by atoms with Crippen LogP contribution in [0.4, 0.5) is 0 Å². The molecule has 162 valence electrons. The molecule has 0 rings (SSSR count). The van der Waals surface area contributed by atoms with Crippen molar-refractivity contribution in [3.63, 3.8) is 0 Å². The highest BCUT2D eigenvalue weighted by Gasteiger charge is 2.34. The number of aliphatic hydroxyl groups excluding tert-OH is 1. The molecule has 28 heavy (non-hydrogen) atoms. The smallest absolute Gasteiger partial charge is 0.326 e. The van der Waals surface area contributed by atoms with Crippen molar-refractivity contribution in [2.75, 3.05) is 6.54 Å². The molecule has 0 bridgehead atoms. The Morgan fingerprint density at radius 2 is 1.25 bits per heavy atom. The van der Waals surface area contributed by atoms with E-state index in [1.165, 1.54) is 6.92 Å². The number of aliphatic hydroxyl groups is 1. The van der Waals surface area contributed by atoms with Gasteiger partial charge in [0.15, 0.2) is 0 Å². The minimum absolute atomic E-state index is 0.250. The molecule has 0 aliphatic heterocycles. The first-order valence-electron chi connectivity index (χ1n) is 9.50. The summed E-state index contributed by atoms with van der Waals surface area (Å²) in [5.74, 6) is -3.80. The van der Waals surface area contributed by atoms with Crippen molar-refractivity contribution in [1.82, 2.24) is 16.0 Å². The van der Waals surface area contributed by atoms with Gasteiger partial charge >= 0.3 is 5.97 Å². The largest absolute Gasteiger partial charge is 0.480 e. The van der Waals surface area contributed by atoms with Crippen molar-refractivity contribution < 1.29 is 29.4 Å². The average molecular weight is 402 g/mol. The molecule has 0 aliphatic carbocycles. The number of nitrogens with two attached hydrogens (primary N) is 1. The van der Waals surface area contributed by atoms with Gasteiger partial charge < -0.3 is 31.9 Å². The fraction of sp³-hybridized carbons (Fsp3) is 0.778. The van der Waals surface area contributed by atoms with E-state index in [-0.39, 0.29) is 18.4 Å².